The first-order chi connectivity index (χ1) is 4.18. The van der Waals surface area contributed by atoms with Gasteiger partial charge in [0.25, 0.3) is 0 Å². The van der Waals surface area contributed by atoms with Crippen LogP contribution in [0.15, 0.2) is 22.8 Å². The Balaban J connectivity index is 2.74. The summed E-state index contributed by atoms with van der Waals surface area (Å²) >= 11 is 5.83. The molecule has 1 rings (SSSR count). The lowest BCUT2D eigenvalue weighted by molar-refractivity contribution is 0.720. The molecular weight excluding hydrogens is 132 g/mol. The molecule has 0 radical (unpaired) electrons. The second-order valence-electron chi connectivity index (χ2n) is 2.68. The van der Waals surface area contributed by atoms with Crippen LogP contribution in [0.1, 0.15) is 20.3 Å². The van der Waals surface area contributed by atoms with E-state index < -0.39 is 0 Å². The number of allylic oxidation sites excluding steroid dienone is 4. The lowest BCUT2D eigenvalue weighted by atomic mass is 9.99. The number of hydrogen-bond acceptors (Lipinski definition) is 0. The molecular formula is C8H11Cl. The largest absolute Gasteiger partial charge is 0.0891 e. The highest BCUT2D eigenvalue weighted by atomic mass is 35.5. The molecule has 0 aromatic carbocycles. The average Bonchev–Trinajstić information content (AvgIpc) is 1.59. The maximum Gasteiger partial charge on any atom is 0.0189 e. The molecule has 0 spiro atoms. The lowest BCUT2D eigenvalue weighted by Gasteiger charge is -2.11. The average molecular weight is 143 g/mol. The van der Waals surface area contributed by atoms with E-state index >= 15 is 0 Å². The SMILES string of the molecule is CC1=CC(C)CC(Cl)=C1. The van der Waals surface area contributed by atoms with E-state index in [1.54, 1.807) is 0 Å². The summed E-state index contributed by atoms with van der Waals surface area (Å²) in [5.74, 6) is 0.627. The summed E-state index contributed by atoms with van der Waals surface area (Å²) in [4.78, 5) is 0. The van der Waals surface area contributed by atoms with Gasteiger partial charge >= 0.3 is 0 Å². The second kappa shape index (κ2) is 2.57. The molecule has 0 aromatic heterocycles. The molecule has 0 amide bonds. The zero-order valence-electron chi connectivity index (χ0n) is 5.82. The molecule has 9 heavy (non-hydrogen) atoms. The van der Waals surface area contributed by atoms with Crippen molar-refractivity contribution < 1.29 is 0 Å². The van der Waals surface area contributed by atoms with Gasteiger partial charge in [-0.1, -0.05) is 30.2 Å². The first-order valence-electron chi connectivity index (χ1n) is 3.23. The van der Waals surface area contributed by atoms with Gasteiger partial charge in [-0.25, -0.2) is 0 Å². The molecule has 0 saturated carbocycles. The Kier molecular flexibility index (Phi) is 1.97. The Labute approximate surface area is 61.2 Å². The fraction of sp³-hybridized carbons (Fsp3) is 0.500. The van der Waals surface area contributed by atoms with Crippen molar-refractivity contribution in [2.45, 2.75) is 20.3 Å². The molecule has 1 aliphatic rings. The summed E-state index contributed by atoms with van der Waals surface area (Å²) in [6.07, 6.45) is 5.28. The smallest absolute Gasteiger partial charge is 0.0189 e. The first-order valence-corrected chi connectivity index (χ1v) is 3.61. The third-order valence-corrected chi connectivity index (χ3v) is 1.71. The number of hydrogen-bond donors (Lipinski definition) is 0. The van der Waals surface area contributed by atoms with Crippen molar-refractivity contribution in [2.75, 3.05) is 0 Å². The lowest BCUT2D eigenvalue weighted by Crippen LogP contribution is -1.95. The predicted octanol–water partition coefficient (Wildman–Crippen LogP) is 3.10. The van der Waals surface area contributed by atoms with E-state index in [4.69, 9.17) is 11.6 Å². The van der Waals surface area contributed by atoms with Crippen molar-refractivity contribution in [1.29, 1.82) is 0 Å². The fourth-order valence-electron chi connectivity index (χ4n) is 1.17. The summed E-state index contributed by atoms with van der Waals surface area (Å²) in [6, 6.07) is 0. The van der Waals surface area contributed by atoms with Crippen LogP contribution >= 0.6 is 11.6 Å². The fourth-order valence-corrected chi connectivity index (χ4v) is 1.58. The first kappa shape index (κ1) is 6.88. The third kappa shape index (κ3) is 1.87. The van der Waals surface area contributed by atoms with E-state index in [1.807, 2.05) is 6.08 Å². The van der Waals surface area contributed by atoms with Crippen LogP contribution < -0.4 is 0 Å². The van der Waals surface area contributed by atoms with Crippen LogP contribution in [0.25, 0.3) is 0 Å². The van der Waals surface area contributed by atoms with Crippen molar-refractivity contribution in [1.82, 2.24) is 0 Å². The normalized spacial score (nSPS) is 27.2. The monoisotopic (exact) mass is 142 g/mol. The van der Waals surface area contributed by atoms with Gasteiger partial charge in [-0.05, 0) is 25.3 Å². The Bertz CT molecular complexity index is 165. The summed E-state index contributed by atoms with van der Waals surface area (Å²) in [7, 11) is 0. The Morgan fingerprint density at radius 1 is 1.67 bits per heavy atom. The molecule has 0 bridgehead atoms. The molecule has 1 aliphatic carbocycles. The molecule has 0 nitrogen and oxygen atoms in total. The number of halogens is 1. The van der Waals surface area contributed by atoms with Crippen molar-refractivity contribution in [3.63, 3.8) is 0 Å². The maximum atomic E-state index is 5.83. The van der Waals surface area contributed by atoms with Crippen molar-refractivity contribution in [2.24, 2.45) is 5.92 Å². The quantitative estimate of drug-likeness (QED) is 0.488. The minimum absolute atomic E-state index is 0.627. The molecule has 1 unspecified atom stereocenters. The van der Waals surface area contributed by atoms with Gasteiger partial charge in [0.05, 0.1) is 0 Å². The van der Waals surface area contributed by atoms with E-state index in [9.17, 15) is 0 Å². The molecule has 0 N–H and O–H groups in total. The summed E-state index contributed by atoms with van der Waals surface area (Å²) in [6.45, 7) is 4.26. The zero-order chi connectivity index (χ0) is 6.85. The van der Waals surface area contributed by atoms with Gasteiger partial charge in [0.2, 0.25) is 0 Å². The summed E-state index contributed by atoms with van der Waals surface area (Å²) < 4.78 is 0. The van der Waals surface area contributed by atoms with Crippen LogP contribution in [0.5, 0.6) is 0 Å². The van der Waals surface area contributed by atoms with Crippen LogP contribution in [0.4, 0.5) is 0 Å². The minimum Gasteiger partial charge on any atom is -0.0891 e. The van der Waals surface area contributed by atoms with Crippen molar-refractivity contribution in [3.05, 3.63) is 22.8 Å². The predicted molar refractivity (Wildman–Crippen MR) is 41.5 cm³/mol. The second-order valence-corrected chi connectivity index (χ2v) is 3.17. The topological polar surface area (TPSA) is 0 Å². The number of rotatable bonds is 0. The Morgan fingerprint density at radius 2 is 2.33 bits per heavy atom. The van der Waals surface area contributed by atoms with E-state index in [1.165, 1.54) is 5.57 Å². The molecule has 0 heterocycles. The van der Waals surface area contributed by atoms with Gasteiger partial charge in [0.15, 0.2) is 0 Å². The van der Waals surface area contributed by atoms with Crippen molar-refractivity contribution in [3.8, 4) is 0 Å². The van der Waals surface area contributed by atoms with E-state index in [0.717, 1.165) is 11.5 Å². The van der Waals surface area contributed by atoms with E-state index in [2.05, 4.69) is 19.9 Å². The van der Waals surface area contributed by atoms with Crippen LogP contribution in [-0.2, 0) is 0 Å². The summed E-state index contributed by atoms with van der Waals surface area (Å²) in [5, 5.41) is 0.988. The van der Waals surface area contributed by atoms with Gasteiger partial charge < -0.3 is 0 Å². The molecule has 50 valence electrons. The standard InChI is InChI=1S/C8H11Cl/c1-6-3-7(2)5-8(9)4-6/h3-4,7H,5H2,1-2H3. The Morgan fingerprint density at radius 3 is 2.78 bits per heavy atom. The highest BCUT2D eigenvalue weighted by Gasteiger charge is 2.05. The molecule has 0 aromatic rings. The molecule has 1 heteroatoms. The Hall–Kier alpha value is -0.230. The molecule has 1 atom stereocenters. The maximum absolute atomic E-state index is 5.83. The van der Waals surface area contributed by atoms with E-state index in [0.29, 0.717) is 5.92 Å². The highest BCUT2D eigenvalue weighted by molar-refractivity contribution is 6.29. The van der Waals surface area contributed by atoms with Gasteiger partial charge in [0.1, 0.15) is 0 Å². The zero-order valence-corrected chi connectivity index (χ0v) is 6.57. The summed E-state index contributed by atoms with van der Waals surface area (Å²) in [5.41, 5.74) is 1.29. The van der Waals surface area contributed by atoms with Crippen LogP contribution in [0.3, 0.4) is 0 Å². The van der Waals surface area contributed by atoms with Crippen molar-refractivity contribution >= 4 is 11.6 Å². The molecule has 0 fully saturated rings. The van der Waals surface area contributed by atoms with Gasteiger partial charge in [0, 0.05) is 5.03 Å². The third-order valence-electron chi connectivity index (χ3n) is 1.45. The van der Waals surface area contributed by atoms with Crippen LogP contribution in [0.2, 0.25) is 0 Å². The van der Waals surface area contributed by atoms with Gasteiger partial charge in [-0.2, -0.15) is 0 Å². The van der Waals surface area contributed by atoms with Gasteiger partial charge in [-0.3, -0.25) is 0 Å². The van der Waals surface area contributed by atoms with Crippen LogP contribution in [-0.4, -0.2) is 0 Å². The van der Waals surface area contributed by atoms with Crippen LogP contribution in [0, 0.1) is 5.92 Å². The molecule has 0 aliphatic heterocycles. The minimum atomic E-state index is 0.627. The highest BCUT2D eigenvalue weighted by Crippen LogP contribution is 2.24. The van der Waals surface area contributed by atoms with Gasteiger partial charge in [-0.15, -0.1) is 0 Å². The van der Waals surface area contributed by atoms with E-state index in [-0.39, 0.29) is 0 Å². The molecule has 0 saturated heterocycles.